The molecule has 160 valence electrons. The molecule has 2 aliphatic rings. The van der Waals surface area contributed by atoms with E-state index in [1.165, 1.54) is 43.2 Å². The fourth-order valence-corrected chi connectivity index (χ4v) is 5.42. The maximum Gasteiger partial charge on any atom is 0.174 e. The number of benzene rings is 1. The highest BCUT2D eigenvalue weighted by Gasteiger charge is 2.41. The van der Waals surface area contributed by atoms with E-state index in [1.54, 1.807) is 0 Å². The average molecular weight is 431 g/mol. The molecule has 1 aliphatic carbocycles. The molecule has 4 nitrogen and oxygen atoms in total. The number of rotatable bonds is 5. The van der Waals surface area contributed by atoms with Gasteiger partial charge in [0.05, 0.1) is 17.8 Å². The topological polar surface area (TPSA) is 33.1 Å². The summed E-state index contributed by atoms with van der Waals surface area (Å²) in [6, 6.07) is 17.9. The zero-order valence-corrected chi connectivity index (χ0v) is 18.9. The number of nitrogens with one attached hydrogen (secondary N) is 1. The molecular formula is C26H30N4S. The second-order valence-electron chi connectivity index (χ2n) is 8.70. The van der Waals surface area contributed by atoms with E-state index in [0.717, 1.165) is 22.9 Å². The minimum Gasteiger partial charge on any atom is -0.351 e. The predicted molar refractivity (Wildman–Crippen MR) is 130 cm³/mol. The van der Waals surface area contributed by atoms with Gasteiger partial charge in [0.25, 0.3) is 0 Å². The van der Waals surface area contributed by atoms with Gasteiger partial charge in [-0.3, -0.25) is 4.98 Å². The van der Waals surface area contributed by atoms with Gasteiger partial charge in [-0.15, -0.1) is 0 Å². The van der Waals surface area contributed by atoms with Crippen LogP contribution in [0.4, 0.5) is 5.69 Å². The van der Waals surface area contributed by atoms with Gasteiger partial charge in [0.2, 0.25) is 0 Å². The first-order chi connectivity index (χ1) is 15.2. The Morgan fingerprint density at radius 2 is 1.84 bits per heavy atom. The van der Waals surface area contributed by atoms with Crippen molar-refractivity contribution in [3.8, 4) is 0 Å². The Morgan fingerprint density at radius 3 is 2.55 bits per heavy atom. The molecule has 1 aliphatic heterocycles. The van der Waals surface area contributed by atoms with Crippen LogP contribution in [0.25, 0.3) is 0 Å². The number of thiocarbonyl (C=S) groups is 1. The lowest BCUT2D eigenvalue weighted by molar-refractivity contribution is 0.353. The summed E-state index contributed by atoms with van der Waals surface area (Å²) < 4.78 is 2.43. The van der Waals surface area contributed by atoms with Crippen molar-refractivity contribution in [3.63, 3.8) is 0 Å². The van der Waals surface area contributed by atoms with E-state index in [1.807, 2.05) is 12.3 Å². The molecule has 0 bridgehead atoms. The monoisotopic (exact) mass is 430 g/mol. The fourth-order valence-electron chi connectivity index (χ4n) is 5.08. The summed E-state index contributed by atoms with van der Waals surface area (Å²) in [5.41, 5.74) is 4.77. The van der Waals surface area contributed by atoms with Crippen LogP contribution in [0.1, 0.15) is 74.0 Å². The van der Waals surface area contributed by atoms with Crippen molar-refractivity contribution in [2.75, 3.05) is 4.90 Å². The van der Waals surface area contributed by atoms with E-state index in [9.17, 15) is 0 Å². The van der Waals surface area contributed by atoms with Crippen molar-refractivity contribution >= 4 is 23.0 Å². The highest BCUT2D eigenvalue weighted by atomic mass is 32.1. The first-order valence-electron chi connectivity index (χ1n) is 11.5. The summed E-state index contributed by atoms with van der Waals surface area (Å²) in [4.78, 5) is 6.94. The van der Waals surface area contributed by atoms with Gasteiger partial charge >= 0.3 is 0 Å². The third-order valence-corrected chi connectivity index (χ3v) is 7.11. The van der Waals surface area contributed by atoms with Gasteiger partial charge in [0.15, 0.2) is 5.11 Å². The molecule has 3 heterocycles. The van der Waals surface area contributed by atoms with E-state index >= 15 is 0 Å². The third-order valence-electron chi connectivity index (χ3n) is 6.80. The molecule has 1 saturated carbocycles. The third kappa shape index (κ3) is 3.99. The van der Waals surface area contributed by atoms with Gasteiger partial charge in [-0.1, -0.05) is 44.4 Å². The number of pyridine rings is 1. The van der Waals surface area contributed by atoms with Crippen molar-refractivity contribution in [2.45, 2.75) is 63.6 Å². The van der Waals surface area contributed by atoms with Crippen LogP contribution in [0.15, 0.2) is 67.1 Å². The molecule has 1 saturated heterocycles. The molecule has 1 aromatic carbocycles. The van der Waals surface area contributed by atoms with Crippen molar-refractivity contribution in [3.05, 3.63) is 83.9 Å². The second kappa shape index (κ2) is 8.83. The lowest BCUT2D eigenvalue weighted by Gasteiger charge is -2.28. The van der Waals surface area contributed by atoms with Crippen LogP contribution in [-0.2, 0) is 6.42 Å². The summed E-state index contributed by atoms with van der Waals surface area (Å²) in [6.07, 6.45) is 14.1. The summed E-state index contributed by atoms with van der Waals surface area (Å²) in [6.45, 7) is 2.19. The summed E-state index contributed by atoms with van der Waals surface area (Å²) in [7, 11) is 0. The molecular weight excluding hydrogens is 400 g/mol. The summed E-state index contributed by atoms with van der Waals surface area (Å²) in [5, 5.41) is 4.33. The van der Waals surface area contributed by atoms with Crippen molar-refractivity contribution in [1.82, 2.24) is 14.9 Å². The first kappa shape index (κ1) is 20.3. The van der Waals surface area contributed by atoms with Crippen LogP contribution in [-0.4, -0.2) is 14.7 Å². The molecule has 0 spiro atoms. The van der Waals surface area contributed by atoms with E-state index < -0.39 is 0 Å². The lowest BCUT2D eigenvalue weighted by Crippen LogP contribution is -2.29. The molecule has 5 heteroatoms. The Morgan fingerprint density at radius 1 is 1.03 bits per heavy atom. The fraction of sp³-hybridized carbons (Fsp3) is 0.385. The van der Waals surface area contributed by atoms with Crippen molar-refractivity contribution in [2.24, 2.45) is 0 Å². The van der Waals surface area contributed by atoms with E-state index in [0.29, 0.717) is 6.04 Å². The molecule has 0 amide bonds. The highest BCUT2D eigenvalue weighted by molar-refractivity contribution is 7.80. The maximum atomic E-state index is 5.85. The summed E-state index contributed by atoms with van der Waals surface area (Å²) in [5.74, 6) is 0. The Balaban J connectivity index is 1.53. The van der Waals surface area contributed by atoms with Gasteiger partial charge in [-0.05, 0) is 72.9 Å². The largest absolute Gasteiger partial charge is 0.351 e. The van der Waals surface area contributed by atoms with Gasteiger partial charge < -0.3 is 14.8 Å². The summed E-state index contributed by atoms with van der Waals surface area (Å²) >= 11 is 5.85. The van der Waals surface area contributed by atoms with Crippen LogP contribution in [0.3, 0.4) is 0 Å². The molecule has 2 aromatic heterocycles. The van der Waals surface area contributed by atoms with E-state index in [-0.39, 0.29) is 12.1 Å². The molecule has 2 atom stereocenters. The van der Waals surface area contributed by atoms with Gasteiger partial charge in [-0.2, -0.15) is 0 Å². The average Bonchev–Trinajstić information content (AvgIpc) is 3.45. The highest BCUT2D eigenvalue weighted by Crippen LogP contribution is 2.42. The van der Waals surface area contributed by atoms with Crippen LogP contribution < -0.4 is 10.2 Å². The second-order valence-corrected chi connectivity index (χ2v) is 9.09. The Bertz CT molecular complexity index is 1020. The SMILES string of the molecule is CCc1ccc(N2C(=S)N[C@H](c3ccccn3)[C@@H]2c2ccn(C3CCCCC3)c2)cc1. The van der Waals surface area contributed by atoms with Crippen molar-refractivity contribution in [1.29, 1.82) is 0 Å². The maximum absolute atomic E-state index is 5.85. The molecule has 31 heavy (non-hydrogen) atoms. The number of aromatic nitrogens is 2. The smallest absolute Gasteiger partial charge is 0.174 e. The van der Waals surface area contributed by atoms with Crippen LogP contribution >= 0.6 is 12.2 Å². The Hall–Kier alpha value is -2.66. The Kier molecular flexibility index (Phi) is 5.77. The molecule has 3 aromatic rings. The Labute approximate surface area is 190 Å². The predicted octanol–water partition coefficient (Wildman–Crippen LogP) is 6.13. The lowest BCUT2D eigenvalue weighted by atomic mass is 9.95. The molecule has 5 rings (SSSR count). The van der Waals surface area contributed by atoms with Crippen LogP contribution in [0, 0.1) is 0 Å². The van der Waals surface area contributed by atoms with Gasteiger partial charge in [-0.25, -0.2) is 0 Å². The zero-order chi connectivity index (χ0) is 21.2. The van der Waals surface area contributed by atoms with Crippen LogP contribution in [0.2, 0.25) is 0 Å². The quantitative estimate of drug-likeness (QED) is 0.494. The van der Waals surface area contributed by atoms with Crippen LogP contribution in [0.5, 0.6) is 0 Å². The van der Waals surface area contributed by atoms with Crippen molar-refractivity contribution < 1.29 is 0 Å². The number of hydrogen-bond acceptors (Lipinski definition) is 2. The normalized spacial score (nSPS) is 22.0. The minimum atomic E-state index is 0.0155. The molecule has 2 fully saturated rings. The first-order valence-corrected chi connectivity index (χ1v) is 11.9. The van der Waals surface area contributed by atoms with Gasteiger partial charge in [0, 0.05) is 30.3 Å². The standard InChI is InChI=1S/C26H30N4S/c1-2-19-11-13-22(14-12-19)30-25(24(28-26(30)31)23-10-6-7-16-27-23)20-15-17-29(18-20)21-8-4-3-5-9-21/h6-7,10-18,21,24-25H,2-5,8-9H2,1H3,(H,28,31)/t24-,25+/m1/s1. The molecule has 0 unspecified atom stereocenters. The number of nitrogens with zero attached hydrogens (tertiary/aromatic N) is 3. The number of aryl methyl sites for hydroxylation is 1. The molecule has 0 radical (unpaired) electrons. The number of anilines is 1. The van der Waals surface area contributed by atoms with E-state index in [2.05, 4.69) is 81.5 Å². The number of hydrogen-bond donors (Lipinski definition) is 1. The zero-order valence-electron chi connectivity index (χ0n) is 18.1. The van der Waals surface area contributed by atoms with Gasteiger partial charge in [0.1, 0.15) is 0 Å². The van der Waals surface area contributed by atoms with E-state index in [4.69, 9.17) is 12.2 Å². The minimum absolute atomic E-state index is 0.0155. The molecule has 1 N–H and O–H groups in total.